The Labute approximate surface area is 266 Å². The summed E-state index contributed by atoms with van der Waals surface area (Å²) in [6.07, 6.45) is 0.995. The maximum absolute atomic E-state index is 14.2. The fourth-order valence-electron chi connectivity index (χ4n) is 4.31. The van der Waals surface area contributed by atoms with Crippen molar-refractivity contribution in [3.63, 3.8) is 0 Å². The Balaban J connectivity index is 2.11. The number of methoxy groups -OCH3 is 1. The lowest BCUT2D eigenvalue weighted by Gasteiger charge is -2.33. The molecule has 0 saturated heterocycles. The molecular weight excluding hydrogens is 665 g/mol. The van der Waals surface area contributed by atoms with Crippen LogP contribution in [0.4, 0.5) is 5.69 Å². The van der Waals surface area contributed by atoms with Crippen molar-refractivity contribution in [3.05, 3.63) is 86.3 Å². The molecule has 3 aromatic carbocycles. The van der Waals surface area contributed by atoms with Gasteiger partial charge in [-0.2, -0.15) is 0 Å². The highest BCUT2D eigenvalue weighted by atomic mass is 79.9. The molecule has 42 heavy (non-hydrogen) atoms. The number of hydrogen-bond acceptors (Lipinski definition) is 5. The molecule has 1 N–H and O–H groups in total. The summed E-state index contributed by atoms with van der Waals surface area (Å²) in [5.41, 5.74) is 1.67. The number of sulfonamides is 1. The first-order valence-corrected chi connectivity index (χ1v) is 16.4. The number of carbonyl (C=O) groups excluding carboxylic acids is 2. The summed E-state index contributed by atoms with van der Waals surface area (Å²) >= 11 is 16.3. The third kappa shape index (κ3) is 7.98. The Hall–Kier alpha value is -2.79. The molecule has 2 amide bonds. The van der Waals surface area contributed by atoms with Crippen LogP contribution < -0.4 is 14.4 Å². The van der Waals surface area contributed by atoms with Gasteiger partial charge < -0.3 is 15.0 Å². The molecule has 0 aromatic heterocycles. The Morgan fingerprint density at radius 3 is 2.21 bits per heavy atom. The smallest absolute Gasteiger partial charge is 0.264 e. The topological polar surface area (TPSA) is 96.0 Å². The van der Waals surface area contributed by atoms with E-state index in [-0.39, 0.29) is 23.8 Å². The normalized spacial score (nSPS) is 12.0. The maximum atomic E-state index is 14.2. The molecule has 0 fully saturated rings. The van der Waals surface area contributed by atoms with Gasteiger partial charge in [-0.3, -0.25) is 13.9 Å². The van der Waals surface area contributed by atoms with E-state index in [4.69, 9.17) is 27.9 Å². The largest absolute Gasteiger partial charge is 0.496 e. The number of amides is 2. The lowest BCUT2D eigenvalue weighted by atomic mass is 10.1. The quantitative estimate of drug-likeness (QED) is 0.217. The molecule has 3 rings (SSSR count). The fraction of sp³-hybridized carbons (Fsp3) is 0.333. The number of carbonyl (C=O) groups is 2. The van der Waals surface area contributed by atoms with E-state index in [0.717, 1.165) is 9.87 Å². The molecule has 0 aliphatic heterocycles. The second kappa shape index (κ2) is 15.1. The number of benzene rings is 3. The average Bonchev–Trinajstić information content (AvgIpc) is 2.96. The van der Waals surface area contributed by atoms with Gasteiger partial charge in [-0.05, 0) is 78.2 Å². The molecule has 1 atom stereocenters. The third-order valence-corrected chi connectivity index (χ3v) is 9.74. The highest BCUT2D eigenvalue weighted by Gasteiger charge is 2.34. The standard InChI is InChI=1S/C30H34BrCl2N3O5S/c1-5-16-34-30(38)27(6-2)35(18-23-25(32)8-7-9-26(23)33)29(37)19-36(21-12-10-20(3)11-13-21)42(39,40)22-14-15-28(41-4)24(31)17-22/h7-15,17,27H,5-6,16,18-19H2,1-4H3,(H,34,38)/t27-/m0/s1. The van der Waals surface area contributed by atoms with Gasteiger partial charge in [0.15, 0.2) is 0 Å². The van der Waals surface area contributed by atoms with Gasteiger partial charge in [0.05, 0.1) is 22.2 Å². The van der Waals surface area contributed by atoms with Crippen molar-refractivity contribution in [2.75, 3.05) is 24.5 Å². The van der Waals surface area contributed by atoms with Crippen molar-refractivity contribution in [3.8, 4) is 5.75 Å². The van der Waals surface area contributed by atoms with E-state index >= 15 is 0 Å². The summed E-state index contributed by atoms with van der Waals surface area (Å²) in [5.74, 6) is -0.487. The summed E-state index contributed by atoms with van der Waals surface area (Å²) in [5, 5.41) is 3.51. The van der Waals surface area contributed by atoms with Crippen molar-refractivity contribution in [2.24, 2.45) is 0 Å². The van der Waals surface area contributed by atoms with Gasteiger partial charge >= 0.3 is 0 Å². The molecule has 0 heterocycles. The Bertz CT molecular complexity index is 1500. The molecule has 12 heteroatoms. The van der Waals surface area contributed by atoms with E-state index in [2.05, 4.69) is 21.2 Å². The van der Waals surface area contributed by atoms with Crippen LogP contribution in [-0.4, -0.2) is 51.4 Å². The predicted molar refractivity (Wildman–Crippen MR) is 171 cm³/mol. The van der Waals surface area contributed by atoms with Crippen molar-refractivity contribution >= 4 is 66.7 Å². The van der Waals surface area contributed by atoms with Crippen LogP contribution in [0.5, 0.6) is 5.75 Å². The summed E-state index contributed by atoms with van der Waals surface area (Å²) in [4.78, 5) is 28.7. The Kier molecular flexibility index (Phi) is 12.1. The number of rotatable bonds is 13. The average molecular weight is 699 g/mol. The second-order valence-corrected chi connectivity index (χ2v) is 13.1. The molecule has 0 saturated carbocycles. The molecule has 3 aromatic rings. The zero-order chi connectivity index (χ0) is 31.0. The number of nitrogens with zero attached hydrogens (tertiary/aromatic N) is 2. The zero-order valence-electron chi connectivity index (χ0n) is 23.9. The first-order valence-electron chi connectivity index (χ1n) is 13.4. The first-order chi connectivity index (χ1) is 19.9. The zero-order valence-corrected chi connectivity index (χ0v) is 27.8. The van der Waals surface area contributed by atoms with Gasteiger partial charge in [0.2, 0.25) is 11.8 Å². The van der Waals surface area contributed by atoms with Crippen LogP contribution in [0.2, 0.25) is 10.0 Å². The van der Waals surface area contributed by atoms with Gasteiger partial charge in [-0.1, -0.05) is 60.8 Å². The van der Waals surface area contributed by atoms with Crippen LogP contribution in [-0.2, 0) is 26.2 Å². The predicted octanol–water partition coefficient (Wildman–Crippen LogP) is 6.60. The van der Waals surface area contributed by atoms with E-state index in [0.29, 0.717) is 44.5 Å². The summed E-state index contributed by atoms with van der Waals surface area (Å²) < 4.78 is 34.9. The van der Waals surface area contributed by atoms with Crippen LogP contribution in [0.25, 0.3) is 0 Å². The van der Waals surface area contributed by atoms with Crippen molar-refractivity contribution < 1.29 is 22.7 Å². The SMILES string of the molecule is CCCNC(=O)[C@H](CC)N(Cc1c(Cl)cccc1Cl)C(=O)CN(c1ccc(C)cc1)S(=O)(=O)c1ccc(OC)c(Br)c1. The number of aryl methyl sites for hydroxylation is 1. The summed E-state index contributed by atoms with van der Waals surface area (Å²) in [6.45, 7) is 5.36. The van der Waals surface area contributed by atoms with Crippen LogP contribution in [0, 0.1) is 6.92 Å². The van der Waals surface area contributed by atoms with Gasteiger partial charge in [0, 0.05) is 28.7 Å². The van der Waals surface area contributed by atoms with E-state index in [1.165, 1.54) is 30.2 Å². The minimum absolute atomic E-state index is 0.0445. The Morgan fingerprint density at radius 2 is 1.67 bits per heavy atom. The van der Waals surface area contributed by atoms with Crippen LogP contribution in [0.3, 0.4) is 0 Å². The van der Waals surface area contributed by atoms with Crippen molar-refractivity contribution in [1.82, 2.24) is 10.2 Å². The molecule has 0 bridgehead atoms. The van der Waals surface area contributed by atoms with E-state index in [9.17, 15) is 18.0 Å². The van der Waals surface area contributed by atoms with E-state index in [1.807, 2.05) is 13.8 Å². The number of halogens is 3. The molecule has 0 aliphatic rings. The fourth-order valence-corrected chi connectivity index (χ4v) is 6.96. The van der Waals surface area contributed by atoms with E-state index in [1.54, 1.807) is 49.4 Å². The van der Waals surface area contributed by atoms with Crippen LogP contribution in [0.1, 0.15) is 37.8 Å². The second-order valence-electron chi connectivity index (χ2n) is 9.58. The molecule has 8 nitrogen and oxygen atoms in total. The molecule has 0 spiro atoms. The number of anilines is 1. The highest BCUT2D eigenvalue weighted by molar-refractivity contribution is 9.10. The summed E-state index contributed by atoms with van der Waals surface area (Å²) in [6, 6.07) is 15.3. The van der Waals surface area contributed by atoms with Crippen molar-refractivity contribution in [2.45, 2.75) is 51.1 Å². The van der Waals surface area contributed by atoms with Gasteiger partial charge in [-0.15, -0.1) is 0 Å². The minimum atomic E-state index is -4.25. The van der Waals surface area contributed by atoms with Crippen molar-refractivity contribution in [1.29, 1.82) is 0 Å². The lowest BCUT2D eigenvalue weighted by Crippen LogP contribution is -2.52. The van der Waals surface area contributed by atoms with Gasteiger partial charge in [0.25, 0.3) is 10.0 Å². The van der Waals surface area contributed by atoms with Gasteiger partial charge in [-0.25, -0.2) is 8.42 Å². The molecule has 0 unspecified atom stereocenters. The number of nitrogens with one attached hydrogen (secondary N) is 1. The third-order valence-electron chi connectivity index (χ3n) is 6.64. The first kappa shape index (κ1) is 33.7. The summed E-state index contributed by atoms with van der Waals surface area (Å²) in [7, 11) is -2.77. The monoisotopic (exact) mass is 697 g/mol. The number of ether oxygens (including phenoxy) is 1. The van der Waals surface area contributed by atoms with E-state index < -0.39 is 28.5 Å². The van der Waals surface area contributed by atoms with Crippen LogP contribution in [0.15, 0.2) is 70.0 Å². The molecule has 0 radical (unpaired) electrons. The molecular formula is C30H34BrCl2N3O5S. The maximum Gasteiger partial charge on any atom is 0.264 e. The Morgan fingerprint density at radius 1 is 1.02 bits per heavy atom. The van der Waals surface area contributed by atoms with Crippen LogP contribution >= 0.6 is 39.1 Å². The highest BCUT2D eigenvalue weighted by Crippen LogP contribution is 2.32. The number of hydrogen-bond donors (Lipinski definition) is 1. The molecule has 0 aliphatic carbocycles. The molecule has 226 valence electrons. The lowest BCUT2D eigenvalue weighted by molar-refractivity contribution is -0.140. The van der Waals surface area contributed by atoms with Gasteiger partial charge in [0.1, 0.15) is 18.3 Å². The minimum Gasteiger partial charge on any atom is -0.496 e.